The van der Waals surface area contributed by atoms with Crippen molar-refractivity contribution in [3.63, 3.8) is 0 Å². The lowest BCUT2D eigenvalue weighted by molar-refractivity contribution is 0.135. The van der Waals surface area contributed by atoms with Crippen molar-refractivity contribution in [1.29, 1.82) is 0 Å². The standard InChI is InChI=1S/C11H21NO/c1-4-7-8-11(12-5-2)9-10-13-6-3/h1,11-12H,5-10H2,2-3H3. The Bertz CT molecular complexity index is 140. The highest BCUT2D eigenvalue weighted by atomic mass is 16.5. The molecule has 0 saturated carbocycles. The molecule has 0 amide bonds. The molecule has 0 spiro atoms. The van der Waals surface area contributed by atoms with Gasteiger partial charge in [0, 0.05) is 25.7 Å². The van der Waals surface area contributed by atoms with E-state index in [1.807, 2.05) is 6.92 Å². The van der Waals surface area contributed by atoms with Gasteiger partial charge in [-0.1, -0.05) is 6.92 Å². The number of terminal acetylenes is 1. The fourth-order valence-electron chi connectivity index (χ4n) is 1.26. The molecular weight excluding hydrogens is 162 g/mol. The first-order chi connectivity index (χ1) is 6.35. The van der Waals surface area contributed by atoms with E-state index < -0.39 is 0 Å². The Labute approximate surface area is 82.1 Å². The SMILES string of the molecule is C#CCCC(CCOCC)NCC. The molecule has 0 aromatic heterocycles. The second kappa shape index (κ2) is 9.57. The van der Waals surface area contributed by atoms with Gasteiger partial charge in [-0.15, -0.1) is 12.3 Å². The van der Waals surface area contributed by atoms with Gasteiger partial charge in [0.2, 0.25) is 0 Å². The number of hydrogen-bond acceptors (Lipinski definition) is 2. The van der Waals surface area contributed by atoms with Crippen LogP contribution in [0.1, 0.15) is 33.1 Å². The summed E-state index contributed by atoms with van der Waals surface area (Å²) in [6.45, 7) is 6.77. The van der Waals surface area contributed by atoms with Gasteiger partial charge < -0.3 is 10.1 Å². The molecule has 1 unspecified atom stereocenters. The molecule has 0 bridgehead atoms. The Morgan fingerprint density at radius 2 is 2.15 bits per heavy atom. The Balaban J connectivity index is 3.48. The van der Waals surface area contributed by atoms with Crippen LogP contribution < -0.4 is 5.32 Å². The van der Waals surface area contributed by atoms with Crippen LogP contribution in [-0.2, 0) is 4.74 Å². The van der Waals surface area contributed by atoms with E-state index in [0.717, 1.165) is 39.0 Å². The second-order valence-corrected chi connectivity index (χ2v) is 2.98. The van der Waals surface area contributed by atoms with Crippen LogP contribution in [0, 0.1) is 12.3 Å². The molecular formula is C11H21NO. The molecule has 0 fully saturated rings. The third kappa shape index (κ3) is 7.83. The van der Waals surface area contributed by atoms with Gasteiger partial charge in [0.1, 0.15) is 0 Å². The van der Waals surface area contributed by atoms with Crippen LogP contribution in [0.5, 0.6) is 0 Å². The minimum atomic E-state index is 0.521. The van der Waals surface area contributed by atoms with Crippen LogP contribution in [0.15, 0.2) is 0 Å². The van der Waals surface area contributed by atoms with Crippen molar-refractivity contribution < 1.29 is 4.74 Å². The van der Waals surface area contributed by atoms with Crippen LogP contribution in [0.3, 0.4) is 0 Å². The van der Waals surface area contributed by atoms with Crippen molar-refractivity contribution in [3.05, 3.63) is 0 Å². The van der Waals surface area contributed by atoms with E-state index >= 15 is 0 Å². The molecule has 0 radical (unpaired) electrons. The normalized spacial score (nSPS) is 12.4. The van der Waals surface area contributed by atoms with Crippen molar-refractivity contribution in [2.45, 2.75) is 39.2 Å². The molecule has 2 heteroatoms. The summed E-state index contributed by atoms with van der Waals surface area (Å²) < 4.78 is 5.30. The highest BCUT2D eigenvalue weighted by Gasteiger charge is 2.05. The van der Waals surface area contributed by atoms with E-state index in [-0.39, 0.29) is 0 Å². The minimum absolute atomic E-state index is 0.521. The second-order valence-electron chi connectivity index (χ2n) is 2.98. The van der Waals surface area contributed by atoms with Gasteiger partial charge in [0.25, 0.3) is 0 Å². The Morgan fingerprint density at radius 3 is 2.69 bits per heavy atom. The van der Waals surface area contributed by atoms with Crippen LogP contribution in [0.25, 0.3) is 0 Å². The predicted molar refractivity (Wildman–Crippen MR) is 56.6 cm³/mol. The molecule has 13 heavy (non-hydrogen) atoms. The molecule has 1 atom stereocenters. The summed E-state index contributed by atoms with van der Waals surface area (Å²) in [5.41, 5.74) is 0. The van der Waals surface area contributed by atoms with E-state index in [4.69, 9.17) is 11.2 Å². The Hall–Kier alpha value is -0.520. The molecule has 0 aromatic rings. The highest BCUT2D eigenvalue weighted by Crippen LogP contribution is 2.01. The Kier molecular flexibility index (Phi) is 9.18. The highest BCUT2D eigenvalue weighted by molar-refractivity contribution is 4.85. The first-order valence-electron chi connectivity index (χ1n) is 5.09. The van der Waals surface area contributed by atoms with Crippen molar-refractivity contribution in [3.8, 4) is 12.3 Å². The summed E-state index contributed by atoms with van der Waals surface area (Å²) in [5, 5.41) is 3.40. The molecule has 0 aliphatic heterocycles. The first kappa shape index (κ1) is 12.5. The molecule has 0 aliphatic rings. The third-order valence-corrected chi connectivity index (χ3v) is 1.94. The van der Waals surface area contributed by atoms with Crippen molar-refractivity contribution in [2.24, 2.45) is 0 Å². The van der Waals surface area contributed by atoms with Crippen molar-refractivity contribution in [1.82, 2.24) is 5.32 Å². The minimum Gasteiger partial charge on any atom is -0.382 e. The maximum Gasteiger partial charge on any atom is 0.0480 e. The summed E-state index contributed by atoms with van der Waals surface area (Å²) in [7, 11) is 0. The maximum atomic E-state index is 5.30. The van der Waals surface area contributed by atoms with Crippen molar-refractivity contribution >= 4 is 0 Å². The predicted octanol–water partition coefficient (Wildman–Crippen LogP) is 1.80. The number of nitrogens with one attached hydrogen (secondary N) is 1. The topological polar surface area (TPSA) is 21.3 Å². The fraction of sp³-hybridized carbons (Fsp3) is 0.818. The average Bonchev–Trinajstić information content (AvgIpc) is 2.14. The smallest absolute Gasteiger partial charge is 0.0480 e. The van der Waals surface area contributed by atoms with Gasteiger partial charge in [-0.2, -0.15) is 0 Å². The monoisotopic (exact) mass is 183 g/mol. The summed E-state index contributed by atoms with van der Waals surface area (Å²) >= 11 is 0. The van der Waals surface area contributed by atoms with E-state index in [9.17, 15) is 0 Å². The lowest BCUT2D eigenvalue weighted by atomic mass is 10.1. The van der Waals surface area contributed by atoms with E-state index in [0.29, 0.717) is 6.04 Å². The van der Waals surface area contributed by atoms with Gasteiger partial charge in [-0.05, 0) is 26.3 Å². The van der Waals surface area contributed by atoms with Crippen LogP contribution in [0.4, 0.5) is 0 Å². The zero-order valence-corrected chi connectivity index (χ0v) is 8.81. The van der Waals surface area contributed by atoms with Crippen molar-refractivity contribution in [2.75, 3.05) is 19.8 Å². The van der Waals surface area contributed by atoms with Gasteiger partial charge >= 0.3 is 0 Å². The average molecular weight is 183 g/mol. The quantitative estimate of drug-likeness (QED) is 0.458. The lowest BCUT2D eigenvalue weighted by Crippen LogP contribution is -2.30. The molecule has 0 rings (SSSR count). The summed E-state index contributed by atoms with van der Waals surface area (Å²) in [4.78, 5) is 0. The fourth-order valence-corrected chi connectivity index (χ4v) is 1.26. The number of rotatable bonds is 8. The maximum absolute atomic E-state index is 5.30. The van der Waals surface area contributed by atoms with Gasteiger partial charge in [0.15, 0.2) is 0 Å². The summed E-state index contributed by atoms with van der Waals surface area (Å²) in [5.74, 6) is 2.67. The van der Waals surface area contributed by atoms with Gasteiger partial charge in [0.05, 0.1) is 0 Å². The zero-order valence-electron chi connectivity index (χ0n) is 8.81. The molecule has 76 valence electrons. The van der Waals surface area contributed by atoms with E-state index in [1.54, 1.807) is 0 Å². The largest absolute Gasteiger partial charge is 0.382 e. The van der Waals surface area contributed by atoms with Gasteiger partial charge in [-0.25, -0.2) is 0 Å². The van der Waals surface area contributed by atoms with E-state index in [2.05, 4.69) is 18.2 Å². The Morgan fingerprint density at radius 1 is 1.38 bits per heavy atom. The molecule has 0 aromatic carbocycles. The summed E-state index contributed by atoms with van der Waals surface area (Å²) in [6.07, 6.45) is 8.18. The van der Waals surface area contributed by atoms with E-state index in [1.165, 1.54) is 0 Å². The van der Waals surface area contributed by atoms with Crippen LogP contribution >= 0.6 is 0 Å². The molecule has 2 nitrogen and oxygen atoms in total. The number of hydrogen-bond donors (Lipinski definition) is 1. The van der Waals surface area contributed by atoms with Crippen LogP contribution in [0.2, 0.25) is 0 Å². The summed E-state index contributed by atoms with van der Waals surface area (Å²) in [6, 6.07) is 0.521. The molecule has 0 heterocycles. The molecule has 0 saturated heterocycles. The lowest BCUT2D eigenvalue weighted by Gasteiger charge is -2.16. The van der Waals surface area contributed by atoms with Crippen LogP contribution in [-0.4, -0.2) is 25.8 Å². The first-order valence-corrected chi connectivity index (χ1v) is 5.09. The van der Waals surface area contributed by atoms with Gasteiger partial charge in [-0.3, -0.25) is 0 Å². The number of ether oxygens (including phenoxy) is 1. The zero-order chi connectivity index (χ0) is 9.94. The molecule has 0 aliphatic carbocycles. The third-order valence-electron chi connectivity index (χ3n) is 1.94. The molecule has 1 N–H and O–H groups in total.